The molecule has 19 heavy (non-hydrogen) atoms. The number of ether oxygens (including phenoxy) is 1. The summed E-state index contributed by atoms with van der Waals surface area (Å²) >= 11 is 0. The number of hydrogen-bond donors (Lipinski definition) is 2. The van der Waals surface area contributed by atoms with Gasteiger partial charge in [-0.15, -0.1) is 0 Å². The summed E-state index contributed by atoms with van der Waals surface area (Å²) in [6, 6.07) is 2.12. The van der Waals surface area contributed by atoms with E-state index in [1.807, 2.05) is 20.2 Å². The summed E-state index contributed by atoms with van der Waals surface area (Å²) in [5.74, 6) is 0.612. The van der Waals surface area contributed by atoms with Crippen molar-refractivity contribution in [3.63, 3.8) is 0 Å². The van der Waals surface area contributed by atoms with E-state index in [-0.39, 0.29) is 11.6 Å². The zero-order chi connectivity index (χ0) is 13.9. The highest BCUT2D eigenvalue weighted by Gasteiger charge is 2.41. The van der Waals surface area contributed by atoms with E-state index in [2.05, 4.69) is 17.2 Å². The van der Waals surface area contributed by atoms with Crippen molar-refractivity contribution in [3.8, 4) is 0 Å². The second-order valence-corrected chi connectivity index (χ2v) is 5.48. The van der Waals surface area contributed by atoms with Gasteiger partial charge < -0.3 is 15.8 Å². The van der Waals surface area contributed by atoms with Crippen molar-refractivity contribution >= 4 is 5.82 Å². The van der Waals surface area contributed by atoms with Crippen molar-refractivity contribution < 1.29 is 4.74 Å². The van der Waals surface area contributed by atoms with Gasteiger partial charge in [0.25, 0.3) is 0 Å². The van der Waals surface area contributed by atoms with Crippen LogP contribution in [0, 0.1) is 6.92 Å². The second-order valence-electron chi connectivity index (χ2n) is 5.48. The number of hydrogen-bond acceptors (Lipinski definition) is 4. The number of aromatic nitrogens is 1. The van der Waals surface area contributed by atoms with Gasteiger partial charge in [0, 0.05) is 18.9 Å². The average molecular weight is 263 g/mol. The second kappa shape index (κ2) is 5.88. The molecule has 0 aromatic carbocycles. The van der Waals surface area contributed by atoms with E-state index in [1.54, 1.807) is 6.20 Å². The summed E-state index contributed by atoms with van der Waals surface area (Å²) < 4.78 is 5.95. The highest BCUT2D eigenvalue weighted by molar-refractivity contribution is 5.47. The normalized spacial score (nSPS) is 20.2. The van der Waals surface area contributed by atoms with E-state index < -0.39 is 0 Å². The molecule has 2 rings (SSSR count). The number of rotatable bonds is 4. The maximum absolute atomic E-state index is 6.11. The van der Waals surface area contributed by atoms with Crippen LogP contribution >= 0.6 is 0 Å². The minimum Gasteiger partial charge on any atom is -0.383 e. The molecule has 0 radical (unpaired) electrons. The quantitative estimate of drug-likeness (QED) is 0.876. The first-order chi connectivity index (χ1) is 9.14. The number of nitrogens with one attached hydrogen (secondary N) is 1. The third kappa shape index (κ3) is 2.60. The van der Waals surface area contributed by atoms with Crippen molar-refractivity contribution in [2.24, 2.45) is 0 Å². The first-order valence-corrected chi connectivity index (χ1v) is 7.08. The smallest absolute Gasteiger partial charge is 0.128 e. The van der Waals surface area contributed by atoms with Gasteiger partial charge >= 0.3 is 0 Å². The van der Waals surface area contributed by atoms with E-state index in [9.17, 15) is 0 Å². The molecule has 1 aromatic heterocycles. The highest BCUT2D eigenvalue weighted by Crippen LogP contribution is 2.42. The van der Waals surface area contributed by atoms with E-state index in [0.717, 1.165) is 18.4 Å². The van der Waals surface area contributed by atoms with Gasteiger partial charge in [-0.25, -0.2) is 4.98 Å². The molecule has 1 fully saturated rings. The number of nitrogens with zero attached hydrogens (tertiary/aromatic N) is 1. The Labute approximate surface area is 115 Å². The standard InChI is InChI=1S/C15H25N3O/c1-11-7-10-18-14(16)12(11)13(17-2)15(19-3)8-5-4-6-9-15/h7,10,13,17H,4-6,8-9H2,1-3H3,(H2,16,18). The zero-order valence-corrected chi connectivity index (χ0v) is 12.2. The number of anilines is 1. The Balaban J connectivity index is 2.43. The van der Waals surface area contributed by atoms with Crippen LogP contribution in [-0.2, 0) is 4.74 Å². The Hall–Kier alpha value is -1.13. The average Bonchev–Trinajstić information content (AvgIpc) is 2.44. The number of aryl methyl sites for hydroxylation is 1. The molecule has 1 aliphatic rings. The van der Waals surface area contributed by atoms with Gasteiger partial charge in [0.05, 0.1) is 11.6 Å². The molecule has 1 saturated carbocycles. The van der Waals surface area contributed by atoms with Crippen molar-refractivity contribution in [3.05, 3.63) is 23.4 Å². The molecular formula is C15H25N3O. The molecule has 1 atom stereocenters. The van der Waals surface area contributed by atoms with Crippen LogP contribution in [0.25, 0.3) is 0 Å². The van der Waals surface area contributed by atoms with Gasteiger partial charge in [-0.3, -0.25) is 0 Å². The summed E-state index contributed by atoms with van der Waals surface area (Å²) in [4.78, 5) is 4.25. The lowest BCUT2D eigenvalue weighted by atomic mass is 9.76. The predicted molar refractivity (Wildman–Crippen MR) is 78.0 cm³/mol. The maximum Gasteiger partial charge on any atom is 0.128 e. The molecule has 0 spiro atoms. The van der Waals surface area contributed by atoms with Gasteiger partial charge in [0.1, 0.15) is 5.82 Å². The summed E-state index contributed by atoms with van der Waals surface area (Å²) in [6.07, 6.45) is 7.63. The highest BCUT2D eigenvalue weighted by atomic mass is 16.5. The van der Waals surface area contributed by atoms with Crippen molar-refractivity contribution in [2.75, 3.05) is 19.9 Å². The first-order valence-electron chi connectivity index (χ1n) is 7.08. The fourth-order valence-electron chi connectivity index (χ4n) is 3.40. The molecule has 1 aliphatic carbocycles. The van der Waals surface area contributed by atoms with Gasteiger partial charge in [0.2, 0.25) is 0 Å². The predicted octanol–water partition coefficient (Wildman–Crippen LogP) is 2.58. The fraction of sp³-hybridized carbons (Fsp3) is 0.667. The zero-order valence-electron chi connectivity index (χ0n) is 12.2. The van der Waals surface area contributed by atoms with Crippen molar-refractivity contribution in [2.45, 2.75) is 50.7 Å². The molecule has 4 nitrogen and oxygen atoms in total. The van der Waals surface area contributed by atoms with E-state index in [1.165, 1.54) is 24.8 Å². The van der Waals surface area contributed by atoms with Crippen LogP contribution in [0.3, 0.4) is 0 Å². The lowest BCUT2D eigenvalue weighted by Gasteiger charge is -2.43. The molecule has 0 saturated heterocycles. The molecular weight excluding hydrogens is 238 g/mol. The largest absolute Gasteiger partial charge is 0.383 e. The van der Waals surface area contributed by atoms with Crippen molar-refractivity contribution in [1.82, 2.24) is 10.3 Å². The Morgan fingerprint density at radius 1 is 1.37 bits per heavy atom. The molecule has 4 heteroatoms. The van der Waals surface area contributed by atoms with E-state index in [0.29, 0.717) is 5.82 Å². The fourth-order valence-corrected chi connectivity index (χ4v) is 3.40. The Bertz CT molecular complexity index is 407. The van der Waals surface area contributed by atoms with Crippen LogP contribution in [0.15, 0.2) is 12.3 Å². The molecule has 1 unspecified atom stereocenters. The van der Waals surface area contributed by atoms with Gasteiger partial charge in [-0.05, 0) is 38.4 Å². The molecule has 1 heterocycles. The summed E-state index contributed by atoms with van der Waals surface area (Å²) in [5.41, 5.74) is 8.22. The van der Waals surface area contributed by atoms with Crippen LogP contribution in [0.5, 0.6) is 0 Å². The summed E-state index contributed by atoms with van der Waals surface area (Å²) in [7, 11) is 3.80. The monoisotopic (exact) mass is 263 g/mol. The number of nitrogen functional groups attached to an aromatic ring is 1. The molecule has 0 bridgehead atoms. The molecule has 0 aliphatic heterocycles. The summed E-state index contributed by atoms with van der Waals surface area (Å²) in [6.45, 7) is 2.09. The minimum atomic E-state index is -0.158. The SMILES string of the molecule is CNC(c1c(C)ccnc1N)C1(OC)CCCCC1. The van der Waals surface area contributed by atoms with Gasteiger partial charge in [-0.2, -0.15) is 0 Å². The Kier molecular flexibility index (Phi) is 4.42. The first kappa shape index (κ1) is 14.3. The lowest BCUT2D eigenvalue weighted by molar-refractivity contribution is -0.0671. The Morgan fingerprint density at radius 2 is 2.05 bits per heavy atom. The molecule has 1 aromatic rings. The van der Waals surface area contributed by atoms with Crippen LogP contribution in [0.2, 0.25) is 0 Å². The summed E-state index contributed by atoms with van der Waals surface area (Å²) in [5, 5.41) is 3.42. The van der Waals surface area contributed by atoms with E-state index >= 15 is 0 Å². The van der Waals surface area contributed by atoms with Gasteiger partial charge in [0.15, 0.2) is 0 Å². The van der Waals surface area contributed by atoms with E-state index in [4.69, 9.17) is 10.5 Å². The van der Waals surface area contributed by atoms with Crippen LogP contribution in [-0.4, -0.2) is 24.7 Å². The lowest BCUT2D eigenvalue weighted by Crippen LogP contribution is -2.46. The third-order valence-corrected chi connectivity index (χ3v) is 4.45. The number of pyridine rings is 1. The van der Waals surface area contributed by atoms with Gasteiger partial charge in [-0.1, -0.05) is 19.3 Å². The Morgan fingerprint density at radius 3 is 2.58 bits per heavy atom. The number of methoxy groups -OCH3 is 1. The molecule has 3 N–H and O–H groups in total. The maximum atomic E-state index is 6.11. The topological polar surface area (TPSA) is 60.2 Å². The number of nitrogens with two attached hydrogens (primary N) is 1. The molecule has 0 amide bonds. The third-order valence-electron chi connectivity index (χ3n) is 4.45. The van der Waals surface area contributed by atoms with Crippen LogP contribution in [0.1, 0.15) is 49.3 Å². The van der Waals surface area contributed by atoms with Crippen LogP contribution < -0.4 is 11.1 Å². The van der Waals surface area contributed by atoms with Crippen molar-refractivity contribution in [1.29, 1.82) is 0 Å². The van der Waals surface area contributed by atoms with Crippen LogP contribution in [0.4, 0.5) is 5.82 Å². The minimum absolute atomic E-state index is 0.103. The number of likely N-dealkylation sites (N-methyl/N-ethyl adjacent to an activating group) is 1. The molecule has 106 valence electrons.